The molecule has 0 radical (unpaired) electrons. The number of nitrogens with zero attached hydrogens (tertiary/aromatic N) is 1. The third kappa shape index (κ3) is 8.39. The smallest absolute Gasteiger partial charge is 0.343 e. The molecule has 0 fully saturated rings. The van der Waals surface area contributed by atoms with E-state index in [4.69, 9.17) is 42.1 Å². The Morgan fingerprint density at radius 2 is 1.74 bits per heavy atom. The van der Waals surface area contributed by atoms with Crippen molar-refractivity contribution in [2.75, 3.05) is 13.7 Å². The molecule has 0 saturated heterocycles. The van der Waals surface area contributed by atoms with E-state index >= 15 is 0 Å². The largest absolute Gasteiger partial charge is 0.494 e. The first-order valence-corrected chi connectivity index (χ1v) is 12.6. The molecule has 10 heteroatoms. The number of methoxy groups -OCH3 is 1. The van der Waals surface area contributed by atoms with Crippen LogP contribution < -0.4 is 24.4 Å². The number of carbonyl (C=O) groups is 2. The number of halogens is 2. The van der Waals surface area contributed by atoms with Crippen LogP contribution in [0.5, 0.6) is 23.0 Å². The summed E-state index contributed by atoms with van der Waals surface area (Å²) in [4.78, 5) is 24.9. The molecule has 3 rings (SSSR count). The van der Waals surface area contributed by atoms with Crippen molar-refractivity contribution in [1.29, 1.82) is 0 Å². The molecule has 0 saturated carbocycles. The third-order valence-corrected chi connectivity index (χ3v) is 5.73. The number of hydrazone groups is 1. The molecule has 0 bridgehead atoms. The maximum Gasteiger partial charge on any atom is 0.343 e. The lowest BCUT2D eigenvalue weighted by molar-refractivity contribution is -0.127. The highest BCUT2D eigenvalue weighted by Gasteiger charge is 2.16. The molecule has 38 heavy (non-hydrogen) atoms. The van der Waals surface area contributed by atoms with Gasteiger partial charge in [-0.1, -0.05) is 36.5 Å². The fraction of sp³-hybridized carbons (Fsp3) is 0.250. The number of benzene rings is 3. The van der Waals surface area contributed by atoms with Gasteiger partial charge in [0.05, 0.1) is 30.5 Å². The van der Waals surface area contributed by atoms with Gasteiger partial charge in [-0.3, -0.25) is 4.79 Å². The zero-order chi connectivity index (χ0) is 27.5. The van der Waals surface area contributed by atoms with Crippen LogP contribution in [0.25, 0.3) is 0 Å². The van der Waals surface area contributed by atoms with Crippen molar-refractivity contribution < 1.29 is 28.5 Å². The van der Waals surface area contributed by atoms with Crippen molar-refractivity contribution in [2.24, 2.45) is 5.10 Å². The summed E-state index contributed by atoms with van der Waals surface area (Å²) < 4.78 is 22.1. The lowest BCUT2D eigenvalue weighted by atomic mass is 10.2. The Balaban J connectivity index is 1.56. The molecule has 1 N–H and O–H groups in total. The molecular formula is C28H28Cl2N2O6. The zero-order valence-electron chi connectivity index (χ0n) is 21.2. The second-order valence-electron chi connectivity index (χ2n) is 8.10. The first-order valence-electron chi connectivity index (χ1n) is 11.9. The minimum absolute atomic E-state index is 0.240. The monoisotopic (exact) mass is 558 g/mol. The maximum atomic E-state index is 12.6. The summed E-state index contributed by atoms with van der Waals surface area (Å²) in [6.07, 6.45) is 2.56. The van der Waals surface area contributed by atoms with E-state index in [9.17, 15) is 9.59 Å². The van der Waals surface area contributed by atoms with E-state index in [2.05, 4.69) is 17.5 Å². The number of amides is 1. The first kappa shape index (κ1) is 28.8. The average Bonchev–Trinajstić information content (AvgIpc) is 2.91. The second kappa shape index (κ2) is 14.3. The van der Waals surface area contributed by atoms with Gasteiger partial charge in [0.2, 0.25) is 0 Å². The van der Waals surface area contributed by atoms with Crippen LogP contribution >= 0.6 is 23.2 Å². The highest BCUT2D eigenvalue weighted by atomic mass is 35.5. The van der Waals surface area contributed by atoms with E-state index in [0.29, 0.717) is 45.0 Å². The summed E-state index contributed by atoms with van der Waals surface area (Å²) in [5.74, 6) is 0.566. The molecule has 3 aromatic carbocycles. The van der Waals surface area contributed by atoms with Crippen LogP contribution in [0.15, 0.2) is 65.8 Å². The van der Waals surface area contributed by atoms with Gasteiger partial charge in [0.25, 0.3) is 5.91 Å². The standard InChI is InChI=1S/C28H28Cl2N2O6/c1-4-5-14-36-22-10-7-20(8-11-22)28(34)38-25-12-6-19(15-26(25)35-3)17-31-32-27(33)18(2)37-24-13-9-21(29)16-23(24)30/h6-13,15-18H,4-5,14H2,1-3H3,(H,32,33)/b31-17+. The molecule has 200 valence electrons. The van der Waals surface area contributed by atoms with Gasteiger partial charge < -0.3 is 18.9 Å². The molecule has 3 aromatic rings. The van der Waals surface area contributed by atoms with E-state index in [1.54, 1.807) is 61.5 Å². The normalized spacial score (nSPS) is 11.6. The molecule has 1 amide bonds. The van der Waals surface area contributed by atoms with Crippen LogP contribution in [-0.2, 0) is 4.79 Å². The van der Waals surface area contributed by atoms with Gasteiger partial charge >= 0.3 is 5.97 Å². The quantitative estimate of drug-likeness (QED) is 0.0918. The van der Waals surface area contributed by atoms with Crippen molar-refractivity contribution in [3.05, 3.63) is 81.8 Å². The highest BCUT2D eigenvalue weighted by Crippen LogP contribution is 2.29. The highest BCUT2D eigenvalue weighted by molar-refractivity contribution is 6.35. The summed E-state index contributed by atoms with van der Waals surface area (Å²) in [6.45, 7) is 4.28. The molecule has 0 spiro atoms. The van der Waals surface area contributed by atoms with Gasteiger partial charge in [-0.2, -0.15) is 5.10 Å². The Morgan fingerprint density at radius 1 is 1.00 bits per heavy atom. The molecule has 0 heterocycles. The Hall–Kier alpha value is -3.75. The summed E-state index contributed by atoms with van der Waals surface area (Å²) in [5.41, 5.74) is 3.38. The fourth-order valence-electron chi connectivity index (χ4n) is 3.11. The molecule has 0 aromatic heterocycles. The van der Waals surface area contributed by atoms with E-state index in [-0.39, 0.29) is 5.75 Å². The number of esters is 1. The first-order chi connectivity index (χ1) is 18.3. The van der Waals surface area contributed by atoms with Crippen molar-refractivity contribution in [3.63, 3.8) is 0 Å². The van der Waals surface area contributed by atoms with Crippen LogP contribution in [0.4, 0.5) is 0 Å². The van der Waals surface area contributed by atoms with Gasteiger partial charge in [0, 0.05) is 5.02 Å². The number of unbranched alkanes of at least 4 members (excludes halogenated alkanes) is 1. The number of ether oxygens (including phenoxy) is 4. The number of carbonyl (C=O) groups excluding carboxylic acids is 2. The SMILES string of the molecule is CCCCOc1ccc(C(=O)Oc2ccc(/C=N/NC(=O)C(C)Oc3ccc(Cl)cc3Cl)cc2OC)cc1. The second-order valence-corrected chi connectivity index (χ2v) is 8.94. The van der Waals surface area contributed by atoms with Gasteiger partial charge in [-0.05, 0) is 79.6 Å². The summed E-state index contributed by atoms with van der Waals surface area (Å²) in [5, 5.41) is 4.71. The average molecular weight is 559 g/mol. The van der Waals surface area contributed by atoms with Crippen LogP contribution in [0.3, 0.4) is 0 Å². The van der Waals surface area contributed by atoms with E-state index in [1.807, 2.05) is 0 Å². The Morgan fingerprint density at radius 3 is 2.42 bits per heavy atom. The summed E-state index contributed by atoms with van der Waals surface area (Å²) in [7, 11) is 1.46. The fourth-order valence-corrected chi connectivity index (χ4v) is 3.56. The van der Waals surface area contributed by atoms with E-state index in [1.165, 1.54) is 19.4 Å². The molecule has 0 aliphatic heterocycles. The molecule has 0 aliphatic carbocycles. The molecule has 8 nitrogen and oxygen atoms in total. The summed E-state index contributed by atoms with van der Waals surface area (Å²) in [6, 6.07) is 16.3. The minimum Gasteiger partial charge on any atom is -0.494 e. The molecular weight excluding hydrogens is 531 g/mol. The van der Waals surface area contributed by atoms with Crippen LogP contribution in [0, 0.1) is 0 Å². The van der Waals surface area contributed by atoms with Gasteiger partial charge in [0.1, 0.15) is 11.5 Å². The predicted octanol–water partition coefficient (Wildman–Crippen LogP) is 6.32. The van der Waals surface area contributed by atoms with E-state index in [0.717, 1.165) is 12.8 Å². The number of hydrogen-bond acceptors (Lipinski definition) is 7. The van der Waals surface area contributed by atoms with Crippen molar-refractivity contribution >= 4 is 41.3 Å². The van der Waals surface area contributed by atoms with Crippen molar-refractivity contribution in [1.82, 2.24) is 5.43 Å². The number of hydrogen-bond donors (Lipinski definition) is 1. The molecule has 0 aliphatic rings. The minimum atomic E-state index is -0.862. The van der Waals surface area contributed by atoms with Crippen LogP contribution in [0.1, 0.15) is 42.6 Å². The Kier molecular flexibility index (Phi) is 10.8. The third-order valence-electron chi connectivity index (χ3n) is 5.20. The molecule has 1 unspecified atom stereocenters. The van der Waals surface area contributed by atoms with Crippen LogP contribution in [0.2, 0.25) is 10.0 Å². The Bertz CT molecular complexity index is 1280. The van der Waals surface area contributed by atoms with Gasteiger partial charge in [-0.25, -0.2) is 10.2 Å². The number of nitrogens with one attached hydrogen (secondary N) is 1. The maximum absolute atomic E-state index is 12.6. The molecule has 1 atom stereocenters. The number of rotatable bonds is 12. The van der Waals surface area contributed by atoms with Gasteiger partial charge in [-0.15, -0.1) is 0 Å². The lowest BCUT2D eigenvalue weighted by Crippen LogP contribution is -2.33. The predicted molar refractivity (Wildman–Crippen MR) is 147 cm³/mol. The van der Waals surface area contributed by atoms with Crippen LogP contribution in [-0.4, -0.2) is 37.9 Å². The summed E-state index contributed by atoms with van der Waals surface area (Å²) >= 11 is 12.0. The Labute approximate surface area is 231 Å². The topological polar surface area (TPSA) is 95.5 Å². The lowest BCUT2D eigenvalue weighted by Gasteiger charge is -2.14. The zero-order valence-corrected chi connectivity index (χ0v) is 22.7. The van der Waals surface area contributed by atoms with Crippen molar-refractivity contribution in [3.8, 4) is 23.0 Å². The van der Waals surface area contributed by atoms with Gasteiger partial charge in [0.15, 0.2) is 17.6 Å². The van der Waals surface area contributed by atoms with E-state index < -0.39 is 18.0 Å². The van der Waals surface area contributed by atoms with Crippen molar-refractivity contribution in [2.45, 2.75) is 32.8 Å².